The average Bonchev–Trinajstić information content (AvgIpc) is 1.12. The molecule has 7 amide bonds. The largest absolute Gasteiger partial charge is 0.508 e. The third kappa shape index (κ3) is 20.2. The van der Waals surface area contributed by atoms with Crippen LogP contribution < -0.4 is 68.2 Å². The summed E-state index contributed by atoms with van der Waals surface area (Å²) in [5.41, 5.74) is 10.1. The normalized spacial score (nSPS) is 29.8. The van der Waals surface area contributed by atoms with Crippen LogP contribution in [0.1, 0.15) is 116 Å². The van der Waals surface area contributed by atoms with Gasteiger partial charge in [-0.15, -0.1) is 11.3 Å². The van der Waals surface area contributed by atoms with E-state index in [1.54, 1.807) is 0 Å². The highest BCUT2D eigenvalue weighted by molar-refractivity contribution is 7.15. The molecule has 7 aromatic rings. The Morgan fingerprint density at radius 1 is 0.664 bits per heavy atom. The standard InChI is InChI=1S/C84H96Cl2N10O28S/c1-32(2)19-46(89-6)75(109)95-63-65(102)37-12-16-50(44(85)21-37)118-52-23-39-24-53(72(52)123-83-70(107)68(105)73(55(31-97)121-83)124-82-69(106)67(104)66(103)54(120-82)30-90-29-41-14-18-56(125-41)35-9-7-33(3)8-10-35)119-51-17-13-38(22-45(51)86)71(122-58-28-84(5,88)74(108)34(4)117-58)64-80(114)94-62(81(115)116)43-25-40(98)26-49(100)59(43)42-20-36(11-15-48(42)99)60(77(111)96-64)93-78(112)61(39)92-76(110)47(27-57(87)101)91-79(63)113/h7-18,20-26,32,34,46-47,54-55,58,60-71,73-74,82-83,89-90,97-100,102-108H,19,27-31,88H2,1-6H3,(H2,87,101)(H,91,113)(H,92,110)(H,93,112)(H,94,114)(H,95,109)(H,96,111)(H,115,116)/t34-,46+,47-,54+,55+,58-,60+,61+,62+,63+,64-,65+,66-,67-,68+,69+,70+,71+,73+,74-,82-,83-,84-/m0/s1. The number of fused-ring (bicyclic) bond motifs is 15. The van der Waals surface area contributed by atoms with Gasteiger partial charge >= 0.3 is 5.97 Å². The highest BCUT2D eigenvalue weighted by atomic mass is 35.5. The number of halogens is 2. The molecule has 6 aromatic carbocycles. The lowest BCUT2D eigenvalue weighted by atomic mass is 9.86. The number of carboxylic acid groups (broad SMARTS) is 1. The van der Waals surface area contributed by atoms with Crippen molar-refractivity contribution >= 4 is 81.9 Å². The number of thiophene rings is 1. The number of hydrogen-bond donors (Lipinski definition) is 22. The molecule has 41 heteroatoms. The first-order valence-electron chi connectivity index (χ1n) is 39.8. The number of carboxylic acids is 1. The second-order valence-corrected chi connectivity index (χ2v) is 34.1. The summed E-state index contributed by atoms with van der Waals surface area (Å²) in [5, 5.41) is 159. The second kappa shape index (κ2) is 38.4. The van der Waals surface area contributed by atoms with Crippen LogP contribution in [-0.2, 0) is 68.6 Å². The van der Waals surface area contributed by atoms with Gasteiger partial charge in [-0.25, -0.2) is 4.79 Å². The summed E-state index contributed by atoms with van der Waals surface area (Å²) >= 11 is 16.0. The van der Waals surface area contributed by atoms with Crippen molar-refractivity contribution in [3.63, 3.8) is 0 Å². The third-order valence-electron chi connectivity index (χ3n) is 22.3. The van der Waals surface area contributed by atoms with Crippen LogP contribution in [-0.4, -0.2) is 238 Å². The fourth-order valence-corrected chi connectivity index (χ4v) is 17.1. The van der Waals surface area contributed by atoms with Gasteiger partial charge in [0.15, 0.2) is 30.1 Å². The number of aliphatic hydroxyl groups is 8. The smallest absolute Gasteiger partial charge is 0.330 e. The number of rotatable bonds is 20. The minimum absolute atomic E-state index is 0.127. The Hall–Kier alpha value is -10.5. The summed E-state index contributed by atoms with van der Waals surface area (Å²) < 4.78 is 51.3. The van der Waals surface area contributed by atoms with Crippen molar-refractivity contribution in [3.05, 3.63) is 164 Å². The molecule has 9 heterocycles. The first-order chi connectivity index (χ1) is 59.3. The van der Waals surface area contributed by atoms with E-state index in [1.807, 2.05) is 57.2 Å². The Morgan fingerprint density at radius 3 is 1.94 bits per heavy atom. The van der Waals surface area contributed by atoms with Crippen molar-refractivity contribution in [2.24, 2.45) is 17.4 Å². The molecule has 670 valence electrons. The maximum Gasteiger partial charge on any atom is 0.330 e. The van der Waals surface area contributed by atoms with Gasteiger partial charge in [-0.1, -0.05) is 85.1 Å². The van der Waals surface area contributed by atoms with Gasteiger partial charge in [-0.2, -0.15) is 0 Å². The predicted molar refractivity (Wildman–Crippen MR) is 441 cm³/mol. The van der Waals surface area contributed by atoms with E-state index >= 15 is 24.0 Å². The van der Waals surface area contributed by atoms with Crippen LogP contribution in [0.5, 0.6) is 46.0 Å². The maximum atomic E-state index is 16.4. The molecule has 15 rings (SSSR count). The number of likely N-dealkylation sites (N-methyl/N-ethyl adjacent to an activating group) is 1. The van der Waals surface area contributed by atoms with Crippen molar-refractivity contribution < 1.29 is 138 Å². The number of amides is 7. The number of nitrogens with one attached hydrogen (secondary N) is 8. The number of carbonyl (C=O) groups is 8. The van der Waals surface area contributed by atoms with E-state index < -0.39 is 279 Å². The SMILES string of the molecule is CN[C@H](CC(C)C)C(=O)N[C@H]1C(=O)N[C@@H](CC(N)=O)C(=O)N[C@H]2C(=O)N[C@H]3C(=O)N[C@H](C(=O)N[C@@H](C(=O)O)c4cc(O)cc(O)c4-c4cc3ccc4O)[C@H](O[C@H]3C[C@](C)(N)[C@@H](O)[C@H](C)O3)c3ccc(c(Cl)c3)Oc3cc2cc(c3O[C@@H]2O[C@H](CO)[C@@H](O[C@@H]3O[C@H](CNCc4ccc(-c5ccc(C)cc5)s4)[C@H](O)[C@H](O)[C@H]3O)[C@H](O)[C@H]2O)Oc2ccc(cc2Cl)[C@H]1O. The third-order valence-corrected chi connectivity index (χ3v) is 24.1. The summed E-state index contributed by atoms with van der Waals surface area (Å²) in [5.74, 6) is -16.6. The Morgan fingerprint density at radius 2 is 1.30 bits per heavy atom. The Kier molecular flexibility index (Phi) is 28.3. The minimum Gasteiger partial charge on any atom is -0.508 e. The number of phenolic OH excluding ortho intramolecular Hbond substituents is 3. The number of ether oxygens (including phenoxy) is 8. The molecule has 0 aliphatic carbocycles. The Bertz CT molecular complexity index is 5220. The molecule has 0 radical (unpaired) electrons. The van der Waals surface area contributed by atoms with Gasteiger partial charge < -0.3 is 153 Å². The molecule has 0 spiro atoms. The van der Waals surface area contributed by atoms with Crippen LogP contribution in [0.4, 0.5) is 0 Å². The summed E-state index contributed by atoms with van der Waals surface area (Å²) in [6.07, 6.45) is -29.0. The summed E-state index contributed by atoms with van der Waals surface area (Å²) in [4.78, 5) is 122. The number of phenols is 3. The van der Waals surface area contributed by atoms with Crippen LogP contribution in [0, 0.1) is 12.8 Å². The first-order valence-corrected chi connectivity index (χ1v) is 41.3. The lowest BCUT2D eigenvalue weighted by Gasteiger charge is -2.46. The average molecular weight is 1800 g/mol. The van der Waals surface area contributed by atoms with Crippen LogP contribution in [0.25, 0.3) is 21.6 Å². The predicted octanol–water partition coefficient (Wildman–Crippen LogP) is 1.76. The van der Waals surface area contributed by atoms with E-state index in [2.05, 4.69) is 42.5 Å². The van der Waals surface area contributed by atoms with Gasteiger partial charge in [-0.3, -0.25) is 33.6 Å². The van der Waals surface area contributed by atoms with E-state index in [0.717, 1.165) is 87.6 Å². The molecule has 0 unspecified atom stereocenters. The van der Waals surface area contributed by atoms with Crippen molar-refractivity contribution in [3.8, 4) is 67.6 Å². The topological polar surface area (TPSA) is 601 Å². The molecule has 24 N–H and O–H groups in total. The molecule has 0 saturated carbocycles. The van der Waals surface area contributed by atoms with Crippen molar-refractivity contribution in [2.75, 3.05) is 20.2 Å². The van der Waals surface area contributed by atoms with E-state index in [-0.39, 0.29) is 48.5 Å². The summed E-state index contributed by atoms with van der Waals surface area (Å²) in [7, 11) is 1.46. The van der Waals surface area contributed by atoms with Gasteiger partial charge in [0.05, 0.1) is 41.3 Å². The molecule has 11 bridgehead atoms. The molecule has 125 heavy (non-hydrogen) atoms. The molecule has 3 fully saturated rings. The van der Waals surface area contributed by atoms with E-state index in [0.29, 0.717) is 0 Å². The zero-order valence-corrected chi connectivity index (χ0v) is 70.0. The molecular weight excluding hydrogens is 1700 g/mol. The molecule has 38 nitrogen and oxygen atoms in total. The summed E-state index contributed by atoms with van der Waals surface area (Å²) in [6.45, 7) is 7.53. The highest BCUT2D eigenvalue weighted by Gasteiger charge is 2.53. The lowest BCUT2D eigenvalue weighted by Crippen LogP contribution is -2.65. The Balaban J connectivity index is 0.967. The second-order valence-electron chi connectivity index (χ2n) is 32.1. The molecule has 1 aromatic heterocycles. The fourth-order valence-electron chi connectivity index (χ4n) is 15.7. The van der Waals surface area contributed by atoms with E-state index in [4.69, 9.17) is 72.6 Å². The lowest BCUT2D eigenvalue weighted by molar-refractivity contribution is -0.350. The van der Waals surface area contributed by atoms with Gasteiger partial charge in [-0.05, 0) is 135 Å². The fraction of sp³-hybridized carbons (Fsp3) is 0.429. The monoisotopic (exact) mass is 1790 g/mol. The van der Waals surface area contributed by atoms with Crippen molar-refractivity contribution in [2.45, 2.75) is 200 Å². The number of aliphatic carboxylic acids is 1. The highest BCUT2D eigenvalue weighted by Crippen LogP contribution is 2.51. The maximum absolute atomic E-state index is 16.4. The Labute approximate surface area is 727 Å². The number of aromatic hydroxyl groups is 3. The zero-order chi connectivity index (χ0) is 90.2. The zero-order valence-electron chi connectivity index (χ0n) is 67.7. The molecule has 8 aliphatic heterocycles. The quantitative estimate of drug-likeness (QED) is 0.0517. The number of benzene rings is 6. The number of aryl methyl sites for hydroxylation is 1. The number of carbonyl (C=O) groups excluding carboxylic acids is 7. The minimum atomic E-state index is -2.42. The van der Waals surface area contributed by atoms with Crippen molar-refractivity contribution in [1.29, 1.82) is 0 Å². The van der Waals surface area contributed by atoms with Gasteiger partial charge in [0.1, 0.15) is 120 Å². The molecular formula is C84H96Cl2N10O28S. The van der Waals surface area contributed by atoms with Gasteiger partial charge in [0.25, 0.3) is 0 Å². The number of aliphatic hydroxyl groups excluding tert-OH is 8. The molecule has 23 atom stereocenters. The van der Waals surface area contributed by atoms with Crippen LogP contribution >= 0.6 is 34.5 Å². The van der Waals surface area contributed by atoms with E-state index in [9.17, 15) is 75.7 Å². The number of nitrogens with two attached hydrogens (primary N) is 2. The number of primary amides is 1. The van der Waals surface area contributed by atoms with Crippen LogP contribution in [0.3, 0.4) is 0 Å². The van der Waals surface area contributed by atoms with Crippen LogP contribution in [0.15, 0.2) is 115 Å². The number of hydrogen-bond acceptors (Lipinski definition) is 31. The van der Waals surface area contributed by atoms with Gasteiger partial charge in [0.2, 0.25) is 53.4 Å². The van der Waals surface area contributed by atoms with Crippen molar-refractivity contribution in [1.82, 2.24) is 42.5 Å². The summed E-state index contributed by atoms with van der Waals surface area (Å²) in [6, 6.07) is 10.9. The molecule has 8 aliphatic rings. The first kappa shape index (κ1) is 92.2. The molecule has 3 saturated heterocycles. The van der Waals surface area contributed by atoms with Gasteiger partial charge in [0, 0.05) is 57.6 Å². The van der Waals surface area contributed by atoms with E-state index in [1.165, 1.54) is 44.4 Å². The van der Waals surface area contributed by atoms with Crippen LogP contribution in [0.2, 0.25) is 10.0 Å².